The summed E-state index contributed by atoms with van der Waals surface area (Å²) in [4.78, 5) is 0. The van der Waals surface area contributed by atoms with Crippen molar-refractivity contribution >= 4 is 12.4 Å². The molecular weight excluding hydrogens is 183 g/mol. The van der Waals surface area contributed by atoms with E-state index in [-0.39, 0.29) is 12.3 Å². The van der Waals surface area contributed by atoms with Crippen LogP contribution >= 0.6 is 0 Å². The van der Waals surface area contributed by atoms with Gasteiger partial charge in [0.1, 0.15) is 0 Å². The van der Waals surface area contributed by atoms with E-state index in [1.807, 2.05) is 6.82 Å². The molecule has 82 valence electrons. The normalized spacial score (nSPS) is 11.6. The highest BCUT2D eigenvalue weighted by Gasteiger charge is 2.17. The first-order chi connectivity index (χ1) is 6.79. The van der Waals surface area contributed by atoms with Crippen LogP contribution in [0.5, 0.6) is 0 Å². The van der Waals surface area contributed by atoms with Gasteiger partial charge in [0.15, 0.2) is 0 Å². The summed E-state index contributed by atoms with van der Waals surface area (Å²) < 4.78 is 0. The molecule has 0 aliphatic heterocycles. The van der Waals surface area contributed by atoms with E-state index in [1.54, 1.807) is 0 Å². The van der Waals surface area contributed by atoms with Crippen LogP contribution in [0.3, 0.4) is 0 Å². The quantitative estimate of drug-likeness (QED) is 0.733. The minimum absolute atomic E-state index is 0.263. The first-order valence-corrected chi connectivity index (χ1v) is 5.57. The third-order valence-electron chi connectivity index (χ3n) is 2.47. The van der Waals surface area contributed by atoms with Gasteiger partial charge in [-0.25, -0.2) is 0 Å². The summed E-state index contributed by atoms with van der Waals surface area (Å²) >= 11 is 0. The van der Waals surface area contributed by atoms with E-state index in [4.69, 9.17) is 0 Å². The molecule has 0 saturated carbocycles. The lowest BCUT2D eigenvalue weighted by Gasteiger charge is -2.21. The molecule has 0 bridgehead atoms. The van der Waals surface area contributed by atoms with Crippen molar-refractivity contribution in [1.82, 2.24) is 0 Å². The summed E-state index contributed by atoms with van der Waals surface area (Å²) in [7, 11) is 0. The summed E-state index contributed by atoms with van der Waals surface area (Å²) in [5.41, 5.74) is 3.82. The van der Waals surface area contributed by atoms with Crippen molar-refractivity contribution in [3.63, 3.8) is 0 Å². The van der Waals surface area contributed by atoms with Gasteiger partial charge in [0.2, 0.25) is 0 Å². The third kappa shape index (κ3) is 3.71. The predicted octanol–water partition coefficient (Wildman–Crippen LogP) is 2.40. The lowest BCUT2D eigenvalue weighted by atomic mass is 9.61. The Balaban J connectivity index is 3.06. The van der Waals surface area contributed by atoms with E-state index < -0.39 is 0 Å². The molecule has 0 heterocycles. The van der Waals surface area contributed by atoms with E-state index >= 15 is 0 Å². The second kappa shape index (κ2) is 4.40. The van der Waals surface area contributed by atoms with Crippen LogP contribution in [0.1, 0.15) is 31.9 Å². The molecule has 1 N–H and O–H groups in total. The maximum absolute atomic E-state index is 9.73. The molecule has 1 aromatic carbocycles. The summed E-state index contributed by atoms with van der Waals surface area (Å²) in [6, 6.07) is 6.35. The van der Waals surface area contributed by atoms with Gasteiger partial charge in [0, 0.05) is 0 Å². The van der Waals surface area contributed by atoms with Gasteiger partial charge in [0.25, 0.3) is 0 Å². The van der Waals surface area contributed by atoms with Gasteiger partial charge < -0.3 is 5.02 Å². The van der Waals surface area contributed by atoms with E-state index in [0.717, 1.165) is 11.9 Å². The summed E-state index contributed by atoms with van der Waals surface area (Å²) in [6.45, 7) is 10.2. The van der Waals surface area contributed by atoms with E-state index in [1.165, 1.54) is 11.1 Å². The molecule has 0 fully saturated rings. The smallest absolute Gasteiger partial charge is 0.320 e. The fourth-order valence-corrected chi connectivity index (χ4v) is 1.84. The van der Waals surface area contributed by atoms with E-state index in [0.29, 0.717) is 0 Å². The number of hydrogen-bond acceptors (Lipinski definition) is 1. The molecule has 0 atom stereocenters. The molecule has 0 aliphatic rings. The Hall–Kier alpha value is -0.755. The highest BCUT2D eigenvalue weighted by Crippen LogP contribution is 2.20. The molecule has 2 heteroatoms. The fourth-order valence-electron chi connectivity index (χ4n) is 1.84. The van der Waals surface area contributed by atoms with Crippen LogP contribution in [0.4, 0.5) is 0 Å². The topological polar surface area (TPSA) is 20.2 Å². The number of benzene rings is 1. The first-order valence-electron chi connectivity index (χ1n) is 5.57. The van der Waals surface area contributed by atoms with Crippen molar-refractivity contribution in [2.75, 3.05) is 0 Å². The maximum Gasteiger partial charge on any atom is 0.320 e. The molecule has 0 aromatic heterocycles. The molecule has 1 rings (SSSR count). The Morgan fingerprint density at radius 2 is 1.87 bits per heavy atom. The monoisotopic (exact) mass is 204 g/mol. The van der Waals surface area contributed by atoms with Gasteiger partial charge in [-0.05, 0) is 24.2 Å². The van der Waals surface area contributed by atoms with Crippen LogP contribution in [0.15, 0.2) is 18.2 Å². The van der Waals surface area contributed by atoms with Crippen molar-refractivity contribution in [2.24, 2.45) is 5.41 Å². The van der Waals surface area contributed by atoms with Gasteiger partial charge >= 0.3 is 6.92 Å². The van der Waals surface area contributed by atoms with Crippen LogP contribution < -0.4 is 5.46 Å². The fraction of sp³-hybridized carbons (Fsp3) is 0.538. The van der Waals surface area contributed by atoms with Gasteiger partial charge in [-0.15, -0.1) is 0 Å². The van der Waals surface area contributed by atoms with Crippen molar-refractivity contribution in [3.8, 4) is 0 Å². The number of rotatable bonds is 2. The molecule has 0 aliphatic carbocycles. The van der Waals surface area contributed by atoms with E-state index in [9.17, 15) is 5.02 Å². The Morgan fingerprint density at radius 3 is 2.33 bits per heavy atom. The molecule has 1 aromatic rings. The lowest BCUT2D eigenvalue weighted by Crippen LogP contribution is -2.31. The average molecular weight is 204 g/mol. The molecule has 0 unspecified atom stereocenters. The molecule has 0 saturated heterocycles. The molecule has 0 amide bonds. The Bertz CT molecular complexity index is 337. The van der Waals surface area contributed by atoms with Crippen molar-refractivity contribution < 1.29 is 5.02 Å². The molecule has 15 heavy (non-hydrogen) atoms. The third-order valence-corrected chi connectivity index (χ3v) is 2.47. The maximum atomic E-state index is 9.73. The van der Waals surface area contributed by atoms with Crippen molar-refractivity contribution in [2.45, 2.75) is 40.9 Å². The molecule has 0 spiro atoms. The minimum Gasteiger partial charge on any atom is -0.446 e. The Labute approximate surface area is 93.6 Å². The van der Waals surface area contributed by atoms with Crippen LogP contribution in [0.25, 0.3) is 0 Å². The van der Waals surface area contributed by atoms with Gasteiger partial charge in [0.05, 0.1) is 0 Å². The minimum atomic E-state index is -0.373. The summed E-state index contributed by atoms with van der Waals surface area (Å²) in [6.07, 6.45) is 1.01. The predicted molar refractivity (Wildman–Crippen MR) is 67.8 cm³/mol. The zero-order valence-corrected chi connectivity index (χ0v) is 10.5. The van der Waals surface area contributed by atoms with E-state index in [2.05, 4.69) is 45.9 Å². The standard InChI is InChI=1S/C13H21BO/c1-10-6-7-11(9-13(2,3)4)12(8-10)14(5)15/h6-8,15H,9H2,1-5H3. The molecular formula is C13H21BO. The Morgan fingerprint density at radius 1 is 1.27 bits per heavy atom. The largest absolute Gasteiger partial charge is 0.446 e. The molecule has 1 nitrogen and oxygen atoms in total. The zero-order chi connectivity index (χ0) is 11.6. The number of aryl methyl sites for hydroxylation is 1. The van der Waals surface area contributed by atoms with Crippen LogP contribution in [0, 0.1) is 12.3 Å². The van der Waals surface area contributed by atoms with Crippen LogP contribution in [-0.4, -0.2) is 11.9 Å². The lowest BCUT2D eigenvalue weighted by molar-refractivity contribution is 0.412. The summed E-state index contributed by atoms with van der Waals surface area (Å²) in [5, 5.41) is 9.73. The van der Waals surface area contributed by atoms with Crippen molar-refractivity contribution in [1.29, 1.82) is 0 Å². The Kier molecular flexibility index (Phi) is 3.61. The summed E-state index contributed by atoms with van der Waals surface area (Å²) in [5.74, 6) is 0. The second-order valence-electron chi connectivity index (χ2n) is 5.62. The first kappa shape index (κ1) is 12.3. The van der Waals surface area contributed by atoms with Gasteiger partial charge in [-0.1, -0.05) is 56.9 Å². The number of hydrogen-bond donors (Lipinski definition) is 1. The zero-order valence-electron chi connectivity index (χ0n) is 10.5. The van der Waals surface area contributed by atoms with Gasteiger partial charge in [-0.2, -0.15) is 0 Å². The average Bonchev–Trinajstić information content (AvgIpc) is 2.05. The second-order valence-corrected chi connectivity index (χ2v) is 5.62. The van der Waals surface area contributed by atoms with Crippen LogP contribution in [0.2, 0.25) is 6.82 Å². The SMILES string of the molecule is CB(O)c1cc(C)ccc1CC(C)(C)C. The highest BCUT2D eigenvalue weighted by atomic mass is 16.2. The van der Waals surface area contributed by atoms with Crippen molar-refractivity contribution in [3.05, 3.63) is 29.3 Å². The van der Waals surface area contributed by atoms with Crippen LogP contribution in [-0.2, 0) is 6.42 Å². The molecule has 0 radical (unpaired) electrons. The van der Waals surface area contributed by atoms with Gasteiger partial charge in [-0.3, -0.25) is 0 Å². The highest BCUT2D eigenvalue weighted by molar-refractivity contribution is 6.65.